The van der Waals surface area contributed by atoms with Crippen LogP contribution in [0.1, 0.15) is 30.8 Å². The zero-order chi connectivity index (χ0) is 26.2. The van der Waals surface area contributed by atoms with E-state index in [2.05, 4.69) is 27.8 Å². The molecule has 36 heavy (non-hydrogen) atoms. The van der Waals surface area contributed by atoms with Crippen LogP contribution in [0.2, 0.25) is 0 Å². The molecule has 0 spiro atoms. The first-order valence-corrected chi connectivity index (χ1v) is 12.3. The van der Waals surface area contributed by atoms with E-state index in [1.54, 1.807) is 25.5 Å². The number of nitro groups is 1. The third-order valence-electron chi connectivity index (χ3n) is 5.39. The molecule has 0 unspecified atom stereocenters. The van der Waals surface area contributed by atoms with Crippen LogP contribution < -0.4 is 15.4 Å². The zero-order valence-corrected chi connectivity index (χ0v) is 21.3. The number of aryl methyl sites for hydroxylation is 2. The summed E-state index contributed by atoms with van der Waals surface area (Å²) in [6, 6.07) is 11.9. The fourth-order valence-electron chi connectivity index (χ4n) is 3.21. The molecule has 1 heterocycles. The van der Waals surface area contributed by atoms with Gasteiger partial charge in [-0.05, 0) is 49.6 Å². The van der Waals surface area contributed by atoms with Gasteiger partial charge in [-0.15, -0.1) is 10.2 Å². The van der Waals surface area contributed by atoms with Gasteiger partial charge in [0.1, 0.15) is 5.75 Å². The normalized spacial score (nSPS) is 11.6. The lowest BCUT2D eigenvalue weighted by Gasteiger charge is -2.15. The number of anilines is 1. The van der Waals surface area contributed by atoms with Crippen LogP contribution in [-0.4, -0.2) is 43.4 Å². The van der Waals surface area contributed by atoms with Crippen molar-refractivity contribution in [2.24, 2.45) is 7.05 Å². The van der Waals surface area contributed by atoms with Crippen molar-refractivity contribution in [2.45, 2.75) is 45.0 Å². The average molecular weight is 513 g/mol. The smallest absolute Gasteiger partial charge is 0.269 e. The predicted molar refractivity (Wildman–Crippen MR) is 136 cm³/mol. The van der Waals surface area contributed by atoms with E-state index in [-0.39, 0.29) is 29.8 Å². The molecule has 0 fully saturated rings. The molecule has 1 aromatic heterocycles. The van der Waals surface area contributed by atoms with Crippen LogP contribution in [-0.2, 0) is 29.6 Å². The van der Waals surface area contributed by atoms with E-state index in [0.29, 0.717) is 28.0 Å². The first-order chi connectivity index (χ1) is 17.2. The fourth-order valence-corrected chi connectivity index (χ4v) is 3.94. The Kier molecular flexibility index (Phi) is 9.01. The number of carbonyl (C=O) groups is 2. The van der Waals surface area contributed by atoms with E-state index in [9.17, 15) is 19.7 Å². The Labute approximate surface area is 212 Å². The number of nitrogens with one attached hydrogen (secondary N) is 2. The van der Waals surface area contributed by atoms with Gasteiger partial charge in [0, 0.05) is 24.9 Å². The van der Waals surface area contributed by atoms with Crippen LogP contribution in [0.15, 0.2) is 47.6 Å². The molecule has 2 amide bonds. The van der Waals surface area contributed by atoms with E-state index in [1.807, 2.05) is 24.3 Å². The van der Waals surface area contributed by atoms with Crippen molar-refractivity contribution in [2.75, 3.05) is 11.1 Å². The minimum Gasteiger partial charge on any atom is -0.481 e. The molecule has 3 rings (SSSR count). The molecule has 0 saturated heterocycles. The molecule has 0 radical (unpaired) electrons. The van der Waals surface area contributed by atoms with Gasteiger partial charge in [0.15, 0.2) is 17.1 Å². The number of thioether (sulfide) groups is 1. The number of hydrogen-bond acceptors (Lipinski definition) is 8. The lowest BCUT2D eigenvalue weighted by molar-refractivity contribution is -0.384. The van der Waals surface area contributed by atoms with E-state index in [1.165, 1.54) is 35.5 Å². The molecule has 0 aliphatic rings. The van der Waals surface area contributed by atoms with Crippen LogP contribution >= 0.6 is 11.8 Å². The van der Waals surface area contributed by atoms with Crippen molar-refractivity contribution in [1.82, 2.24) is 20.1 Å². The molecule has 0 saturated carbocycles. The number of nitro benzene ring substituents is 1. The Morgan fingerprint density at radius 2 is 1.92 bits per heavy atom. The summed E-state index contributed by atoms with van der Waals surface area (Å²) in [5.41, 5.74) is 2.25. The maximum absolute atomic E-state index is 12.4. The van der Waals surface area contributed by atoms with Gasteiger partial charge in [-0.2, -0.15) is 0 Å². The van der Waals surface area contributed by atoms with Gasteiger partial charge in [0.25, 0.3) is 11.6 Å². The van der Waals surface area contributed by atoms with Crippen LogP contribution in [0.25, 0.3) is 0 Å². The summed E-state index contributed by atoms with van der Waals surface area (Å²) in [6.45, 7) is 5.58. The number of ether oxygens (including phenoxy) is 1. The second-order valence-corrected chi connectivity index (χ2v) is 8.97. The van der Waals surface area contributed by atoms with Gasteiger partial charge in [0.2, 0.25) is 5.91 Å². The van der Waals surface area contributed by atoms with E-state index < -0.39 is 11.0 Å². The van der Waals surface area contributed by atoms with E-state index in [4.69, 9.17) is 4.74 Å². The number of hydrogen-bond donors (Lipinski definition) is 2. The van der Waals surface area contributed by atoms with Gasteiger partial charge < -0.3 is 19.9 Å². The van der Waals surface area contributed by atoms with E-state index >= 15 is 0 Å². The molecule has 0 aliphatic heterocycles. The third-order valence-corrected chi connectivity index (χ3v) is 6.41. The quantitative estimate of drug-likeness (QED) is 0.226. The van der Waals surface area contributed by atoms with Crippen molar-refractivity contribution in [3.63, 3.8) is 0 Å². The van der Waals surface area contributed by atoms with Crippen molar-refractivity contribution in [3.05, 3.63) is 69.5 Å². The summed E-state index contributed by atoms with van der Waals surface area (Å²) in [6.07, 6.45) is 0.240. The number of carbonyl (C=O) groups excluding carboxylic acids is 2. The van der Waals surface area contributed by atoms with Gasteiger partial charge in [0.05, 0.1) is 17.2 Å². The molecule has 0 aliphatic carbocycles. The second-order valence-electron chi connectivity index (χ2n) is 8.03. The SMILES string of the molecule is CCc1ccc(O[C@@H](C)C(=O)NCc2nnc(SCC(=O)Nc3ccc([N+](=O)[O-])cc3C)n2C)cc1. The lowest BCUT2D eigenvalue weighted by atomic mass is 10.2. The van der Waals surface area contributed by atoms with Gasteiger partial charge >= 0.3 is 0 Å². The summed E-state index contributed by atoms with van der Waals surface area (Å²) in [4.78, 5) is 35.2. The predicted octanol–water partition coefficient (Wildman–Crippen LogP) is 3.41. The first kappa shape index (κ1) is 26.7. The van der Waals surface area contributed by atoms with Crippen LogP contribution in [0.3, 0.4) is 0 Å². The summed E-state index contributed by atoms with van der Waals surface area (Å²) < 4.78 is 7.40. The topological polar surface area (TPSA) is 141 Å². The summed E-state index contributed by atoms with van der Waals surface area (Å²) in [5, 5.41) is 25.1. The Morgan fingerprint density at radius 1 is 1.19 bits per heavy atom. The molecule has 2 N–H and O–H groups in total. The minimum atomic E-state index is -0.689. The lowest BCUT2D eigenvalue weighted by Crippen LogP contribution is -2.36. The Bertz CT molecular complexity index is 1240. The van der Waals surface area contributed by atoms with Gasteiger partial charge in [-0.25, -0.2) is 0 Å². The van der Waals surface area contributed by atoms with Crippen LogP contribution in [0, 0.1) is 17.0 Å². The highest BCUT2D eigenvalue weighted by atomic mass is 32.2. The monoisotopic (exact) mass is 512 g/mol. The maximum atomic E-state index is 12.4. The van der Waals surface area contributed by atoms with Crippen molar-refractivity contribution in [1.29, 1.82) is 0 Å². The largest absolute Gasteiger partial charge is 0.481 e. The van der Waals surface area contributed by atoms with Crippen molar-refractivity contribution < 1.29 is 19.2 Å². The molecule has 190 valence electrons. The molecule has 12 heteroatoms. The highest BCUT2D eigenvalue weighted by Gasteiger charge is 2.17. The Balaban J connectivity index is 1.48. The number of non-ortho nitro benzene ring substituents is 1. The fraction of sp³-hybridized carbons (Fsp3) is 0.333. The number of aromatic nitrogens is 3. The number of benzene rings is 2. The zero-order valence-electron chi connectivity index (χ0n) is 20.5. The second kappa shape index (κ2) is 12.2. The Hall–Kier alpha value is -3.93. The molecule has 3 aromatic rings. The molecule has 1 atom stereocenters. The van der Waals surface area contributed by atoms with Crippen molar-refractivity contribution in [3.8, 4) is 5.75 Å². The molecular weight excluding hydrogens is 484 g/mol. The van der Waals surface area contributed by atoms with Crippen LogP contribution in [0.4, 0.5) is 11.4 Å². The summed E-state index contributed by atoms with van der Waals surface area (Å²) >= 11 is 1.19. The highest BCUT2D eigenvalue weighted by Crippen LogP contribution is 2.22. The highest BCUT2D eigenvalue weighted by molar-refractivity contribution is 7.99. The summed E-state index contributed by atoms with van der Waals surface area (Å²) in [7, 11) is 1.75. The molecule has 11 nitrogen and oxygen atoms in total. The summed E-state index contributed by atoms with van der Waals surface area (Å²) in [5.74, 6) is 0.639. The van der Waals surface area contributed by atoms with Crippen LogP contribution in [0.5, 0.6) is 5.75 Å². The molecule has 2 aromatic carbocycles. The first-order valence-electron chi connectivity index (χ1n) is 11.3. The number of amides is 2. The average Bonchev–Trinajstić information content (AvgIpc) is 3.21. The maximum Gasteiger partial charge on any atom is 0.269 e. The Morgan fingerprint density at radius 3 is 2.56 bits per heavy atom. The molecule has 0 bridgehead atoms. The third kappa shape index (κ3) is 7.04. The van der Waals surface area contributed by atoms with E-state index in [0.717, 1.165) is 6.42 Å². The van der Waals surface area contributed by atoms with Gasteiger partial charge in [-0.1, -0.05) is 30.8 Å². The minimum absolute atomic E-state index is 0.0369. The standard InChI is InChI=1S/C24H28N6O5S/c1-5-17-6-9-19(10-7-17)35-16(3)23(32)25-13-21-27-28-24(29(21)4)36-14-22(31)26-20-11-8-18(30(33)34)12-15(20)2/h6-12,16H,5,13-14H2,1-4H3,(H,25,32)(H,26,31)/t16-/m0/s1. The number of rotatable bonds is 11. The van der Waals surface area contributed by atoms with Crippen molar-refractivity contribution >= 4 is 35.0 Å². The molecular formula is C24H28N6O5S. The van der Waals surface area contributed by atoms with Gasteiger partial charge in [-0.3, -0.25) is 19.7 Å². The number of nitrogens with zero attached hydrogens (tertiary/aromatic N) is 4.